The molecule has 0 unspecified atom stereocenters. The van der Waals surface area contributed by atoms with E-state index in [1.807, 2.05) is 24.4 Å². The van der Waals surface area contributed by atoms with Crippen LogP contribution in [0.1, 0.15) is 5.56 Å². The topological polar surface area (TPSA) is 82.3 Å². The SMILES string of the molecule is Cc1ccc(Nc2[nH]ccc2-c2nn[nH]n2)cc1. The third-order valence-electron chi connectivity index (χ3n) is 2.65. The molecule has 0 aliphatic rings. The third-order valence-corrected chi connectivity index (χ3v) is 2.65. The Morgan fingerprint density at radius 3 is 2.67 bits per heavy atom. The molecule has 3 aromatic rings. The summed E-state index contributed by atoms with van der Waals surface area (Å²) in [6.45, 7) is 2.06. The quantitative estimate of drug-likeness (QED) is 0.655. The van der Waals surface area contributed by atoms with Crippen molar-refractivity contribution in [3.05, 3.63) is 42.1 Å². The molecule has 18 heavy (non-hydrogen) atoms. The average Bonchev–Trinajstić information content (AvgIpc) is 3.02. The number of aryl methyl sites for hydroxylation is 1. The van der Waals surface area contributed by atoms with Crippen LogP contribution in [-0.4, -0.2) is 25.6 Å². The van der Waals surface area contributed by atoms with Gasteiger partial charge >= 0.3 is 0 Å². The Morgan fingerprint density at radius 1 is 1.11 bits per heavy atom. The Bertz CT molecular complexity index is 623. The molecule has 0 aliphatic carbocycles. The van der Waals surface area contributed by atoms with Gasteiger partial charge in [-0.3, -0.25) is 0 Å². The second kappa shape index (κ2) is 4.33. The van der Waals surface area contributed by atoms with E-state index in [0.29, 0.717) is 5.82 Å². The number of nitrogens with zero attached hydrogens (tertiary/aromatic N) is 3. The second-order valence-electron chi connectivity index (χ2n) is 3.99. The summed E-state index contributed by atoms with van der Waals surface area (Å²) in [4.78, 5) is 3.12. The minimum absolute atomic E-state index is 0.561. The Labute approximate surface area is 103 Å². The largest absolute Gasteiger partial charge is 0.348 e. The molecule has 0 bridgehead atoms. The van der Waals surface area contributed by atoms with E-state index < -0.39 is 0 Å². The summed E-state index contributed by atoms with van der Waals surface area (Å²) in [5, 5.41) is 17.2. The van der Waals surface area contributed by atoms with Gasteiger partial charge in [0.05, 0.1) is 5.56 Å². The number of hydrogen-bond acceptors (Lipinski definition) is 4. The Hall–Kier alpha value is -2.63. The maximum atomic E-state index is 3.97. The van der Waals surface area contributed by atoms with Crippen LogP contribution in [0.25, 0.3) is 11.4 Å². The van der Waals surface area contributed by atoms with Crippen molar-refractivity contribution in [1.82, 2.24) is 25.6 Å². The number of tetrazole rings is 1. The fraction of sp³-hybridized carbons (Fsp3) is 0.0833. The summed E-state index contributed by atoms with van der Waals surface area (Å²) < 4.78 is 0. The molecule has 0 fully saturated rings. The van der Waals surface area contributed by atoms with Crippen molar-refractivity contribution in [3.63, 3.8) is 0 Å². The molecule has 2 heterocycles. The van der Waals surface area contributed by atoms with Gasteiger partial charge in [-0.15, -0.1) is 10.2 Å². The van der Waals surface area contributed by atoms with E-state index in [4.69, 9.17) is 0 Å². The zero-order valence-corrected chi connectivity index (χ0v) is 9.81. The van der Waals surface area contributed by atoms with Crippen molar-refractivity contribution >= 4 is 11.5 Å². The predicted octanol–water partition coefficient (Wildman–Crippen LogP) is 2.25. The first kappa shape index (κ1) is 10.5. The highest BCUT2D eigenvalue weighted by Gasteiger charge is 2.10. The van der Waals surface area contributed by atoms with E-state index in [-0.39, 0.29) is 0 Å². The highest BCUT2D eigenvalue weighted by molar-refractivity contribution is 5.74. The third kappa shape index (κ3) is 1.95. The maximum Gasteiger partial charge on any atom is 0.208 e. The number of aromatic nitrogens is 5. The summed E-state index contributed by atoms with van der Waals surface area (Å²) in [6.07, 6.45) is 1.84. The normalized spacial score (nSPS) is 10.5. The molecule has 0 atom stereocenters. The van der Waals surface area contributed by atoms with Crippen LogP contribution < -0.4 is 5.32 Å². The van der Waals surface area contributed by atoms with Crippen LogP contribution in [0.5, 0.6) is 0 Å². The van der Waals surface area contributed by atoms with Crippen LogP contribution in [0.2, 0.25) is 0 Å². The van der Waals surface area contributed by atoms with Gasteiger partial charge < -0.3 is 10.3 Å². The molecule has 3 rings (SSSR count). The van der Waals surface area contributed by atoms with Crippen molar-refractivity contribution in [2.24, 2.45) is 0 Å². The van der Waals surface area contributed by atoms with Gasteiger partial charge in [0.1, 0.15) is 5.82 Å². The van der Waals surface area contributed by atoms with E-state index in [9.17, 15) is 0 Å². The van der Waals surface area contributed by atoms with Crippen LogP contribution >= 0.6 is 0 Å². The smallest absolute Gasteiger partial charge is 0.208 e. The minimum Gasteiger partial charge on any atom is -0.348 e. The van der Waals surface area contributed by atoms with Crippen LogP contribution in [0.3, 0.4) is 0 Å². The molecule has 0 aliphatic heterocycles. The van der Waals surface area contributed by atoms with Crippen LogP contribution in [0, 0.1) is 6.92 Å². The van der Waals surface area contributed by atoms with E-state index in [2.05, 4.69) is 50.0 Å². The Balaban J connectivity index is 1.90. The van der Waals surface area contributed by atoms with E-state index >= 15 is 0 Å². The second-order valence-corrected chi connectivity index (χ2v) is 3.99. The average molecular weight is 240 g/mol. The van der Waals surface area contributed by atoms with Gasteiger partial charge in [-0.1, -0.05) is 17.7 Å². The fourth-order valence-corrected chi connectivity index (χ4v) is 1.72. The van der Waals surface area contributed by atoms with E-state index in [0.717, 1.165) is 17.1 Å². The standard InChI is InChI=1S/C12H12N6/c1-8-2-4-9(5-3-8)14-11-10(6-7-13-11)12-15-17-18-16-12/h2-7,13-14H,1H3,(H,15,16,17,18). The molecule has 3 N–H and O–H groups in total. The lowest BCUT2D eigenvalue weighted by Gasteiger charge is -2.06. The molecule has 0 amide bonds. The van der Waals surface area contributed by atoms with Gasteiger partial charge in [-0.05, 0) is 30.3 Å². The van der Waals surface area contributed by atoms with Crippen LogP contribution in [-0.2, 0) is 0 Å². The molecular formula is C12H12N6. The summed E-state index contributed by atoms with van der Waals surface area (Å²) in [5.74, 6) is 1.41. The molecule has 2 aromatic heterocycles. The Morgan fingerprint density at radius 2 is 1.94 bits per heavy atom. The zero-order valence-electron chi connectivity index (χ0n) is 9.81. The van der Waals surface area contributed by atoms with Gasteiger partial charge in [-0.25, -0.2) is 0 Å². The molecular weight excluding hydrogens is 228 g/mol. The fourth-order valence-electron chi connectivity index (χ4n) is 1.72. The molecule has 0 saturated heterocycles. The molecule has 0 radical (unpaired) electrons. The predicted molar refractivity (Wildman–Crippen MR) is 68.4 cm³/mol. The van der Waals surface area contributed by atoms with Crippen molar-refractivity contribution in [1.29, 1.82) is 0 Å². The number of aromatic amines is 2. The zero-order chi connectivity index (χ0) is 12.4. The van der Waals surface area contributed by atoms with Gasteiger partial charge in [0.15, 0.2) is 0 Å². The summed E-state index contributed by atoms with van der Waals surface area (Å²) >= 11 is 0. The maximum absolute atomic E-state index is 3.97. The van der Waals surface area contributed by atoms with E-state index in [1.54, 1.807) is 0 Å². The van der Waals surface area contributed by atoms with Gasteiger partial charge in [0, 0.05) is 11.9 Å². The van der Waals surface area contributed by atoms with Crippen LogP contribution in [0.15, 0.2) is 36.5 Å². The van der Waals surface area contributed by atoms with Gasteiger partial charge in [0.2, 0.25) is 5.82 Å². The minimum atomic E-state index is 0.561. The van der Waals surface area contributed by atoms with Crippen molar-refractivity contribution in [2.45, 2.75) is 6.92 Å². The number of hydrogen-bond donors (Lipinski definition) is 3. The summed E-state index contributed by atoms with van der Waals surface area (Å²) in [7, 11) is 0. The number of H-pyrrole nitrogens is 2. The van der Waals surface area contributed by atoms with Gasteiger partial charge in [-0.2, -0.15) is 5.21 Å². The first-order valence-corrected chi connectivity index (χ1v) is 5.58. The molecule has 0 saturated carbocycles. The van der Waals surface area contributed by atoms with Crippen molar-refractivity contribution < 1.29 is 0 Å². The lowest BCUT2D eigenvalue weighted by atomic mass is 10.2. The Kier molecular flexibility index (Phi) is 2.53. The first-order chi connectivity index (χ1) is 8.83. The number of nitrogens with one attached hydrogen (secondary N) is 3. The number of benzene rings is 1. The highest BCUT2D eigenvalue weighted by Crippen LogP contribution is 2.25. The van der Waals surface area contributed by atoms with E-state index in [1.165, 1.54) is 5.56 Å². The molecule has 6 nitrogen and oxygen atoms in total. The first-order valence-electron chi connectivity index (χ1n) is 5.58. The van der Waals surface area contributed by atoms with Gasteiger partial charge in [0.25, 0.3) is 0 Å². The van der Waals surface area contributed by atoms with Crippen molar-refractivity contribution in [3.8, 4) is 11.4 Å². The molecule has 90 valence electrons. The van der Waals surface area contributed by atoms with Crippen molar-refractivity contribution in [2.75, 3.05) is 5.32 Å². The summed E-state index contributed by atoms with van der Waals surface area (Å²) in [6, 6.07) is 10.1. The molecule has 6 heteroatoms. The number of rotatable bonds is 3. The lowest BCUT2D eigenvalue weighted by Crippen LogP contribution is -1.93. The monoisotopic (exact) mass is 240 g/mol. The summed E-state index contributed by atoms with van der Waals surface area (Å²) in [5.41, 5.74) is 3.11. The van der Waals surface area contributed by atoms with Crippen LogP contribution in [0.4, 0.5) is 11.5 Å². The highest BCUT2D eigenvalue weighted by atomic mass is 15.5. The number of anilines is 2. The molecule has 1 aromatic carbocycles. The molecule has 0 spiro atoms. The lowest BCUT2D eigenvalue weighted by molar-refractivity contribution is 0.881.